The van der Waals surface area contributed by atoms with E-state index in [1.807, 2.05) is 18.2 Å². The molecule has 21 heavy (non-hydrogen) atoms. The summed E-state index contributed by atoms with van der Waals surface area (Å²) in [6.07, 6.45) is 1.54. The molecule has 2 N–H and O–H groups in total. The number of nitrogens with one attached hydrogen (secondary N) is 2. The molecule has 2 saturated heterocycles. The van der Waals surface area contributed by atoms with Crippen molar-refractivity contribution in [2.75, 3.05) is 24.5 Å². The molecular weight excluding hydrogens is 290 g/mol. The van der Waals surface area contributed by atoms with Crippen LogP contribution < -0.4 is 15.5 Å². The van der Waals surface area contributed by atoms with E-state index in [1.165, 1.54) is 0 Å². The van der Waals surface area contributed by atoms with Crippen LogP contribution in [0, 0.1) is 5.92 Å². The SMILES string of the molecule is O=C(NC1CCCN(c2ccccc2Cl)C1=O)C1CNC1. The van der Waals surface area contributed by atoms with E-state index in [9.17, 15) is 9.59 Å². The minimum absolute atomic E-state index is 0.00603. The molecule has 6 heteroatoms. The number of piperidine rings is 1. The Morgan fingerprint density at radius 3 is 2.76 bits per heavy atom. The van der Waals surface area contributed by atoms with Crippen LogP contribution in [0.1, 0.15) is 12.8 Å². The first-order valence-corrected chi connectivity index (χ1v) is 7.61. The maximum Gasteiger partial charge on any atom is 0.249 e. The number of halogens is 1. The fourth-order valence-corrected chi connectivity index (χ4v) is 2.92. The average Bonchev–Trinajstić information content (AvgIpc) is 2.40. The first-order chi connectivity index (χ1) is 10.2. The number of benzene rings is 1. The zero-order chi connectivity index (χ0) is 14.8. The lowest BCUT2D eigenvalue weighted by atomic mass is 9.99. The molecule has 5 nitrogen and oxygen atoms in total. The molecule has 0 spiro atoms. The Morgan fingerprint density at radius 1 is 1.33 bits per heavy atom. The third-order valence-corrected chi connectivity index (χ3v) is 4.37. The van der Waals surface area contributed by atoms with E-state index >= 15 is 0 Å². The van der Waals surface area contributed by atoms with Gasteiger partial charge < -0.3 is 15.5 Å². The first kappa shape index (κ1) is 14.4. The number of para-hydroxylation sites is 1. The van der Waals surface area contributed by atoms with Gasteiger partial charge in [0.1, 0.15) is 6.04 Å². The van der Waals surface area contributed by atoms with E-state index < -0.39 is 6.04 Å². The Kier molecular flexibility index (Phi) is 4.12. The third kappa shape index (κ3) is 2.89. The maximum absolute atomic E-state index is 12.6. The minimum atomic E-state index is -0.442. The van der Waals surface area contributed by atoms with Crippen LogP contribution in [-0.2, 0) is 9.59 Å². The van der Waals surface area contributed by atoms with Crippen molar-refractivity contribution < 1.29 is 9.59 Å². The van der Waals surface area contributed by atoms with Gasteiger partial charge in [0.05, 0.1) is 16.6 Å². The normalized spacial score (nSPS) is 22.8. The summed E-state index contributed by atoms with van der Waals surface area (Å²) in [5, 5.41) is 6.49. The molecule has 0 saturated carbocycles. The van der Waals surface area contributed by atoms with Gasteiger partial charge in [-0.3, -0.25) is 9.59 Å². The van der Waals surface area contributed by atoms with Crippen molar-refractivity contribution in [2.24, 2.45) is 5.92 Å². The van der Waals surface area contributed by atoms with Crippen LogP contribution in [0.2, 0.25) is 5.02 Å². The highest BCUT2D eigenvalue weighted by Gasteiger charge is 2.34. The van der Waals surface area contributed by atoms with E-state index in [0.29, 0.717) is 36.8 Å². The van der Waals surface area contributed by atoms with Gasteiger partial charge >= 0.3 is 0 Å². The summed E-state index contributed by atoms with van der Waals surface area (Å²) >= 11 is 6.17. The topological polar surface area (TPSA) is 61.4 Å². The molecule has 2 fully saturated rings. The number of hydrogen-bond donors (Lipinski definition) is 2. The predicted molar refractivity (Wildman–Crippen MR) is 81.3 cm³/mol. The van der Waals surface area contributed by atoms with Gasteiger partial charge in [0.2, 0.25) is 11.8 Å². The molecule has 1 aromatic rings. The number of anilines is 1. The number of carbonyl (C=O) groups excluding carboxylic acids is 2. The maximum atomic E-state index is 12.6. The van der Waals surface area contributed by atoms with Crippen LogP contribution in [0.4, 0.5) is 5.69 Å². The van der Waals surface area contributed by atoms with Crippen LogP contribution in [0.15, 0.2) is 24.3 Å². The van der Waals surface area contributed by atoms with Gasteiger partial charge in [0.25, 0.3) is 0 Å². The summed E-state index contributed by atoms with van der Waals surface area (Å²) in [5.74, 6) is -0.114. The highest BCUT2D eigenvalue weighted by molar-refractivity contribution is 6.33. The lowest BCUT2D eigenvalue weighted by molar-refractivity contribution is -0.131. The molecule has 0 radical (unpaired) electrons. The number of carbonyl (C=O) groups is 2. The Labute approximate surface area is 128 Å². The number of amides is 2. The van der Waals surface area contributed by atoms with Crippen molar-refractivity contribution in [1.82, 2.24) is 10.6 Å². The van der Waals surface area contributed by atoms with Crippen LogP contribution in [0.25, 0.3) is 0 Å². The Hall–Kier alpha value is -1.59. The largest absolute Gasteiger partial charge is 0.344 e. The highest BCUT2D eigenvalue weighted by atomic mass is 35.5. The van der Waals surface area contributed by atoms with Gasteiger partial charge in [0.15, 0.2) is 0 Å². The molecule has 1 unspecified atom stereocenters. The molecule has 0 bridgehead atoms. The van der Waals surface area contributed by atoms with E-state index in [2.05, 4.69) is 10.6 Å². The summed E-state index contributed by atoms with van der Waals surface area (Å²) in [6.45, 7) is 2.03. The van der Waals surface area contributed by atoms with Gasteiger partial charge in [-0.1, -0.05) is 23.7 Å². The van der Waals surface area contributed by atoms with Crippen molar-refractivity contribution in [1.29, 1.82) is 0 Å². The average molecular weight is 308 g/mol. The summed E-state index contributed by atoms with van der Waals surface area (Å²) in [6, 6.07) is 6.86. The molecule has 1 aromatic carbocycles. The van der Waals surface area contributed by atoms with E-state index in [0.717, 1.165) is 6.42 Å². The van der Waals surface area contributed by atoms with Gasteiger partial charge in [-0.15, -0.1) is 0 Å². The smallest absolute Gasteiger partial charge is 0.249 e. The summed E-state index contributed by atoms with van der Waals surface area (Å²) < 4.78 is 0. The Balaban J connectivity index is 1.71. The second-order valence-corrected chi connectivity index (χ2v) is 5.91. The number of hydrogen-bond acceptors (Lipinski definition) is 3. The van der Waals surface area contributed by atoms with Crippen molar-refractivity contribution in [3.8, 4) is 0 Å². The Morgan fingerprint density at radius 2 is 2.10 bits per heavy atom. The van der Waals surface area contributed by atoms with E-state index in [-0.39, 0.29) is 17.7 Å². The Bertz CT molecular complexity index is 560. The predicted octanol–water partition coefficient (Wildman–Crippen LogP) is 1.17. The second kappa shape index (κ2) is 6.03. The van der Waals surface area contributed by atoms with Gasteiger partial charge in [-0.05, 0) is 25.0 Å². The van der Waals surface area contributed by atoms with Crippen LogP contribution in [0.3, 0.4) is 0 Å². The van der Waals surface area contributed by atoms with Crippen LogP contribution in [0.5, 0.6) is 0 Å². The second-order valence-electron chi connectivity index (χ2n) is 5.50. The highest BCUT2D eigenvalue weighted by Crippen LogP contribution is 2.28. The fraction of sp³-hybridized carbons (Fsp3) is 0.467. The van der Waals surface area contributed by atoms with Crippen molar-refractivity contribution in [2.45, 2.75) is 18.9 Å². The molecule has 1 atom stereocenters. The van der Waals surface area contributed by atoms with E-state index in [1.54, 1.807) is 11.0 Å². The molecule has 0 aliphatic carbocycles. The molecule has 2 aliphatic heterocycles. The number of nitrogens with zero attached hydrogens (tertiary/aromatic N) is 1. The van der Waals surface area contributed by atoms with Crippen molar-refractivity contribution in [3.05, 3.63) is 29.3 Å². The quantitative estimate of drug-likeness (QED) is 0.881. The first-order valence-electron chi connectivity index (χ1n) is 7.24. The molecule has 3 rings (SSSR count). The summed E-state index contributed by atoms with van der Waals surface area (Å²) in [5.41, 5.74) is 0.716. The zero-order valence-corrected chi connectivity index (χ0v) is 12.4. The van der Waals surface area contributed by atoms with Gasteiger partial charge in [-0.25, -0.2) is 0 Å². The van der Waals surface area contributed by atoms with Crippen LogP contribution in [-0.4, -0.2) is 37.5 Å². The number of rotatable bonds is 3. The lowest BCUT2D eigenvalue weighted by Crippen LogP contribution is -2.57. The standard InChI is InChI=1S/C15H18ClN3O2/c16-11-4-1-2-6-13(11)19-7-3-5-12(15(19)21)18-14(20)10-8-17-9-10/h1-2,4,6,10,12,17H,3,5,7-9H2,(H,18,20). The molecule has 2 amide bonds. The fourth-order valence-electron chi connectivity index (χ4n) is 2.68. The van der Waals surface area contributed by atoms with Gasteiger partial charge in [-0.2, -0.15) is 0 Å². The molecule has 2 heterocycles. The molecular formula is C15H18ClN3O2. The molecule has 0 aromatic heterocycles. The van der Waals surface area contributed by atoms with Gasteiger partial charge in [0, 0.05) is 19.6 Å². The third-order valence-electron chi connectivity index (χ3n) is 4.05. The van der Waals surface area contributed by atoms with Crippen LogP contribution >= 0.6 is 11.6 Å². The zero-order valence-electron chi connectivity index (χ0n) is 11.6. The lowest BCUT2D eigenvalue weighted by Gasteiger charge is -2.35. The van der Waals surface area contributed by atoms with Crippen molar-refractivity contribution in [3.63, 3.8) is 0 Å². The van der Waals surface area contributed by atoms with Crippen molar-refractivity contribution >= 4 is 29.1 Å². The molecule has 2 aliphatic rings. The molecule has 112 valence electrons. The minimum Gasteiger partial charge on any atom is -0.344 e. The summed E-state index contributed by atoms with van der Waals surface area (Å²) in [7, 11) is 0. The monoisotopic (exact) mass is 307 g/mol. The summed E-state index contributed by atoms with van der Waals surface area (Å²) in [4.78, 5) is 26.3. The van der Waals surface area contributed by atoms with E-state index in [4.69, 9.17) is 11.6 Å².